The molecule has 2 rings (SSSR count). The number of amides is 3. The highest BCUT2D eigenvalue weighted by molar-refractivity contribution is 6.31. The number of carbonyl (C=O) groups is 3. The number of halogens is 1. The first-order valence-corrected chi connectivity index (χ1v) is 8.46. The summed E-state index contributed by atoms with van der Waals surface area (Å²) in [6.45, 7) is 3.96. The number of hydrogen-bond donors (Lipinski definition) is 2. The fourth-order valence-corrected chi connectivity index (χ4v) is 3.20. The zero-order chi connectivity index (χ0) is 18.6. The van der Waals surface area contributed by atoms with Gasteiger partial charge in [-0.25, -0.2) is 4.79 Å². The van der Waals surface area contributed by atoms with Crippen LogP contribution in [-0.2, 0) is 16.0 Å². The molecule has 1 aliphatic rings. The van der Waals surface area contributed by atoms with Gasteiger partial charge in [-0.1, -0.05) is 29.8 Å². The lowest BCUT2D eigenvalue weighted by Gasteiger charge is -2.39. The van der Waals surface area contributed by atoms with Crippen molar-refractivity contribution >= 4 is 29.5 Å². The molecule has 0 aromatic heterocycles. The van der Waals surface area contributed by atoms with Gasteiger partial charge in [0.15, 0.2) is 0 Å². The van der Waals surface area contributed by atoms with E-state index in [0.717, 1.165) is 5.56 Å². The van der Waals surface area contributed by atoms with Crippen LogP contribution < -0.4 is 5.32 Å². The van der Waals surface area contributed by atoms with E-state index >= 15 is 0 Å². The van der Waals surface area contributed by atoms with Gasteiger partial charge in [-0.15, -0.1) is 0 Å². The normalized spacial score (nSPS) is 18.6. The van der Waals surface area contributed by atoms with Gasteiger partial charge in [0.1, 0.15) is 6.04 Å². The van der Waals surface area contributed by atoms with Crippen LogP contribution in [0.15, 0.2) is 24.3 Å². The van der Waals surface area contributed by atoms with Crippen LogP contribution in [0, 0.1) is 0 Å². The van der Waals surface area contributed by atoms with Gasteiger partial charge >= 0.3 is 6.09 Å². The molecule has 8 heteroatoms. The number of rotatable bonds is 4. The van der Waals surface area contributed by atoms with Gasteiger partial charge in [-0.2, -0.15) is 0 Å². The van der Waals surface area contributed by atoms with Gasteiger partial charge in [0, 0.05) is 44.0 Å². The minimum absolute atomic E-state index is 0.230. The molecule has 1 fully saturated rings. The molecule has 7 nitrogen and oxygen atoms in total. The second-order valence-corrected chi connectivity index (χ2v) is 6.57. The third-order valence-electron chi connectivity index (χ3n) is 4.24. The smallest absolute Gasteiger partial charge is 0.407 e. The molecule has 0 saturated carbocycles. The van der Waals surface area contributed by atoms with E-state index in [1.54, 1.807) is 24.0 Å². The Hall–Kier alpha value is -2.28. The van der Waals surface area contributed by atoms with Gasteiger partial charge in [-0.3, -0.25) is 9.59 Å². The SMILES string of the molecule is CC(=O)N[C@@H](Cc1ccccc1Cl)C(=O)N1CCN(C(=O)O)[C@@H](C)C1. The van der Waals surface area contributed by atoms with Gasteiger partial charge < -0.3 is 20.2 Å². The van der Waals surface area contributed by atoms with E-state index in [4.69, 9.17) is 16.7 Å². The number of carbonyl (C=O) groups excluding carboxylic acids is 2. The van der Waals surface area contributed by atoms with Crippen LogP contribution in [0.2, 0.25) is 5.02 Å². The molecule has 0 radical (unpaired) electrons. The fraction of sp³-hybridized carbons (Fsp3) is 0.471. The summed E-state index contributed by atoms with van der Waals surface area (Å²) in [5.41, 5.74) is 0.772. The molecule has 25 heavy (non-hydrogen) atoms. The minimum atomic E-state index is -0.992. The van der Waals surface area contributed by atoms with E-state index in [2.05, 4.69) is 5.32 Å². The Bertz CT molecular complexity index is 667. The molecule has 3 amide bonds. The molecule has 1 saturated heterocycles. The maximum atomic E-state index is 12.9. The van der Waals surface area contributed by atoms with E-state index in [1.807, 2.05) is 12.1 Å². The van der Waals surface area contributed by atoms with Crippen molar-refractivity contribution in [3.63, 3.8) is 0 Å². The molecule has 0 spiro atoms. The van der Waals surface area contributed by atoms with E-state index in [9.17, 15) is 14.4 Å². The average Bonchev–Trinajstić information content (AvgIpc) is 2.54. The van der Waals surface area contributed by atoms with Crippen LogP contribution >= 0.6 is 11.6 Å². The van der Waals surface area contributed by atoms with E-state index in [1.165, 1.54) is 11.8 Å². The lowest BCUT2D eigenvalue weighted by atomic mass is 10.0. The van der Waals surface area contributed by atoms with Gasteiger partial charge in [-0.05, 0) is 18.6 Å². The van der Waals surface area contributed by atoms with Crippen molar-refractivity contribution < 1.29 is 19.5 Å². The first kappa shape index (κ1) is 19.1. The number of nitrogens with zero attached hydrogens (tertiary/aromatic N) is 2. The molecule has 1 aliphatic heterocycles. The Labute approximate surface area is 151 Å². The lowest BCUT2D eigenvalue weighted by Crippen LogP contribution is -2.59. The first-order valence-electron chi connectivity index (χ1n) is 8.08. The molecule has 1 aromatic rings. The van der Waals surface area contributed by atoms with Crippen molar-refractivity contribution in [2.75, 3.05) is 19.6 Å². The summed E-state index contributed by atoms with van der Waals surface area (Å²) < 4.78 is 0. The van der Waals surface area contributed by atoms with E-state index < -0.39 is 12.1 Å². The van der Waals surface area contributed by atoms with Gasteiger partial charge in [0.05, 0.1) is 0 Å². The van der Waals surface area contributed by atoms with Crippen LogP contribution in [0.25, 0.3) is 0 Å². The van der Waals surface area contributed by atoms with Crippen molar-refractivity contribution in [2.24, 2.45) is 0 Å². The number of piperazine rings is 1. The van der Waals surface area contributed by atoms with Crippen LogP contribution in [0.3, 0.4) is 0 Å². The molecule has 1 heterocycles. The fourth-order valence-electron chi connectivity index (χ4n) is 2.99. The minimum Gasteiger partial charge on any atom is -0.465 e. The molecule has 0 aliphatic carbocycles. The van der Waals surface area contributed by atoms with Crippen LogP contribution in [0.5, 0.6) is 0 Å². The summed E-state index contributed by atoms with van der Waals surface area (Å²) >= 11 is 6.16. The third-order valence-corrected chi connectivity index (χ3v) is 4.61. The quantitative estimate of drug-likeness (QED) is 0.845. The summed E-state index contributed by atoms with van der Waals surface area (Å²) in [6, 6.07) is 6.14. The van der Waals surface area contributed by atoms with Crippen molar-refractivity contribution in [3.8, 4) is 0 Å². The summed E-state index contributed by atoms with van der Waals surface area (Å²) in [6.07, 6.45) is -0.708. The number of hydrogen-bond acceptors (Lipinski definition) is 3. The standard InChI is InChI=1S/C17H22ClN3O4/c1-11-10-20(7-8-21(11)17(24)25)16(23)15(19-12(2)22)9-13-5-3-4-6-14(13)18/h3-6,11,15H,7-10H2,1-2H3,(H,19,22)(H,24,25)/t11-,15-/m0/s1. The highest BCUT2D eigenvalue weighted by Gasteiger charge is 2.33. The summed E-state index contributed by atoms with van der Waals surface area (Å²) in [5.74, 6) is -0.533. The van der Waals surface area contributed by atoms with Crippen LogP contribution in [0.4, 0.5) is 4.79 Å². The summed E-state index contributed by atoms with van der Waals surface area (Å²) in [5, 5.41) is 12.4. The largest absolute Gasteiger partial charge is 0.465 e. The topological polar surface area (TPSA) is 90.0 Å². The van der Waals surface area contributed by atoms with Crippen LogP contribution in [-0.4, -0.2) is 64.5 Å². The predicted octanol–water partition coefficient (Wildman–Crippen LogP) is 1.60. The Balaban J connectivity index is 2.12. The van der Waals surface area contributed by atoms with Crippen molar-refractivity contribution in [1.82, 2.24) is 15.1 Å². The zero-order valence-corrected chi connectivity index (χ0v) is 15.0. The van der Waals surface area contributed by atoms with E-state index in [-0.39, 0.29) is 30.8 Å². The van der Waals surface area contributed by atoms with Gasteiger partial charge in [0.25, 0.3) is 0 Å². The molecular formula is C17H22ClN3O4. The zero-order valence-electron chi connectivity index (χ0n) is 14.2. The van der Waals surface area contributed by atoms with Crippen molar-refractivity contribution in [1.29, 1.82) is 0 Å². The second-order valence-electron chi connectivity index (χ2n) is 6.16. The summed E-state index contributed by atoms with van der Waals surface area (Å²) in [4.78, 5) is 38.5. The maximum Gasteiger partial charge on any atom is 0.407 e. The lowest BCUT2D eigenvalue weighted by molar-refractivity contribution is -0.138. The predicted molar refractivity (Wildman–Crippen MR) is 93.5 cm³/mol. The maximum absolute atomic E-state index is 12.9. The van der Waals surface area contributed by atoms with Gasteiger partial charge in [0.2, 0.25) is 11.8 Å². The Morgan fingerprint density at radius 3 is 2.56 bits per heavy atom. The Kier molecular flexibility index (Phi) is 6.25. The molecule has 1 aromatic carbocycles. The molecule has 136 valence electrons. The number of nitrogens with one attached hydrogen (secondary N) is 1. The average molecular weight is 368 g/mol. The highest BCUT2D eigenvalue weighted by Crippen LogP contribution is 2.18. The molecule has 2 atom stereocenters. The van der Waals surface area contributed by atoms with E-state index in [0.29, 0.717) is 18.1 Å². The Morgan fingerprint density at radius 1 is 1.32 bits per heavy atom. The Morgan fingerprint density at radius 2 is 2.00 bits per heavy atom. The molecule has 0 unspecified atom stereocenters. The molecular weight excluding hydrogens is 346 g/mol. The monoisotopic (exact) mass is 367 g/mol. The molecule has 0 bridgehead atoms. The second kappa shape index (κ2) is 8.20. The van der Waals surface area contributed by atoms with Crippen LogP contribution in [0.1, 0.15) is 19.4 Å². The van der Waals surface area contributed by atoms with Crippen molar-refractivity contribution in [2.45, 2.75) is 32.4 Å². The highest BCUT2D eigenvalue weighted by atomic mass is 35.5. The number of carboxylic acid groups (broad SMARTS) is 1. The summed E-state index contributed by atoms with van der Waals surface area (Å²) in [7, 11) is 0. The first-order chi connectivity index (χ1) is 11.8. The molecule has 2 N–H and O–H groups in total. The third kappa shape index (κ3) is 4.85. The van der Waals surface area contributed by atoms with Crippen molar-refractivity contribution in [3.05, 3.63) is 34.9 Å². The number of benzene rings is 1.